The van der Waals surface area contributed by atoms with Gasteiger partial charge in [-0.1, -0.05) is 19.1 Å². The summed E-state index contributed by atoms with van der Waals surface area (Å²) in [6, 6.07) is 8.33. The zero-order valence-electron chi connectivity index (χ0n) is 12.7. The average Bonchev–Trinajstić information content (AvgIpc) is 2.39. The Morgan fingerprint density at radius 2 is 1.95 bits per heavy atom. The standard InChI is InChI=1S/C16H26N2OS/c1-4-20-11-5-10-17-15-8-6-14(7-9-15)12-16(19)18-13(2)3/h6-9,13,17H,4-5,10-12H2,1-3H3,(H,18,19). The van der Waals surface area contributed by atoms with E-state index in [0.717, 1.165) is 17.8 Å². The molecule has 0 spiro atoms. The number of benzene rings is 1. The summed E-state index contributed by atoms with van der Waals surface area (Å²) in [5.74, 6) is 2.47. The van der Waals surface area contributed by atoms with Gasteiger partial charge in [0.05, 0.1) is 6.42 Å². The van der Waals surface area contributed by atoms with Gasteiger partial charge in [0.2, 0.25) is 5.91 Å². The molecule has 0 aliphatic rings. The van der Waals surface area contributed by atoms with Crippen LogP contribution < -0.4 is 10.6 Å². The summed E-state index contributed by atoms with van der Waals surface area (Å²) in [5.41, 5.74) is 2.18. The summed E-state index contributed by atoms with van der Waals surface area (Å²) in [5, 5.41) is 6.31. The van der Waals surface area contributed by atoms with Crippen LogP contribution in [0.3, 0.4) is 0 Å². The number of nitrogens with one attached hydrogen (secondary N) is 2. The highest BCUT2D eigenvalue weighted by Crippen LogP contribution is 2.10. The predicted octanol–water partition coefficient (Wildman–Crippen LogP) is 3.31. The van der Waals surface area contributed by atoms with E-state index < -0.39 is 0 Å². The number of rotatable bonds is 9. The molecule has 0 radical (unpaired) electrons. The van der Waals surface area contributed by atoms with E-state index in [1.807, 2.05) is 49.9 Å². The Bertz CT molecular complexity index is 390. The first-order valence-electron chi connectivity index (χ1n) is 7.31. The maximum Gasteiger partial charge on any atom is 0.224 e. The fourth-order valence-corrected chi connectivity index (χ4v) is 2.49. The Labute approximate surface area is 126 Å². The van der Waals surface area contributed by atoms with Crippen LogP contribution in [-0.2, 0) is 11.2 Å². The van der Waals surface area contributed by atoms with E-state index in [1.165, 1.54) is 17.9 Å². The molecule has 3 nitrogen and oxygen atoms in total. The van der Waals surface area contributed by atoms with Gasteiger partial charge >= 0.3 is 0 Å². The molecule has 0 aliphatic carbocycles. The molecule has 0 atom stereocenters. The van der Waals surface area contributed by atoms with Crippen LogP contribution in [0.5, 0.6) is 0 Å². The van der Waals surface area contributed by atoms with Gasteiger partial charge in [-0.3, -0.25) is 4.79 Å². The van der Waals surface area contributed by atoms with E-state index in [0.29, 0.717) is 6.42 Å². The van der Waals surface area contributed by atoms with Crippen LogP contribution in [0.2, 0.25) is 0 Å². The minimum atomic E-state index is 0.0808. The molecule has 0 aliphatic heterocycles. The van der Waals surface area contributed by atoms with Crippen molar-refractivity contribution in [3.8, 4) is 0 Å². The highest BCUT2D eigenvalue weighted by molar-refractivity contribution is 7.99. The Kier molecular flexibility index (Phi) is 8.19. The smallest absolute Gasteiger partial charge is 0.224 e. The maximum atomic E-state index is 11.7. The summed E-state index contributed by atoms with van der Waals surface area (Å²) in [4.78, 5) is 11.7. The zero-order valence-corrected chi connectivity index (χ0v) is 13.6. The van der Waals surface area contributed by atoms with Crippen molar-refractivity contribution < 1.29 is 4.79 Å². The van der Waals surface area contributed by atoms with E-state index in [9.17, 15) is 4.79 Å². The molecule has 112 valence electrons. The third-order valence-corrected chi connectivity index (χ3v) is 3.75. The first-order chi connectivity index (χ1) is 9.61. The third-order valence-electron chi connectivity index (χ3n) is 2.77. The minimum Gasteiger partial charge on any atom is -0.385 e. The zero-order chi connectivity index (χ0) is 14.8. The summed E-state index contributed by atoms with van der Waals surface area (Å²) >= 11 is 1.97. The first-order valence-corrected chi connectivity index (χ1v) is 8.47. The Morgan fingerprint density at radius 1 is 1.25 bits per heavy atom. The lowest BCUT2D eigenvalue weighted by molar-refractivity contribution is -0.120. The number of hydrogen-bond acceptors (Lipinski definition) is 3. The molecule has 20 heavy (non-hydrogen) atoms. The van der Waals surface area contributed by atoms with E-state index in [1.54, 1.807) is 0 Å². The van der Waals surface area contributed by atoms with Crippen molar-refractivity contribution in [1.29, 1.82) is 0 Å². The summed E-state index contributed by atoms with van der Waals surface area (Å²) < 4.78 is 0. The number of carbonyl (C=O) groups is 1. The lowest BCUT2D eigenvalue weighted by Gasteiger charge is -2.09. The molecule has 1 aromatic carbocycles. The molecule has 0 saturated heterocycles. The van der Waals surface area contributed by atoms with Crippen LogP contribution in [0, 0.1) is 0 Å². The second-order valence-electron chi connectivity index (χ2n) is 5.07. The van der Waals surface area contributed by atoms with Gasteiger partial charge in [-0.25, -0.2) is 0 Å². The predicted molar refractivity (Wildman–Crippen MR) is 89.5 cm³/mol. The van der Waals surface area contributed by atoms with Crippen LogP contribution in [0.1, 0.15) is 32.8 Å². The van der Waals surface area contributed by atoms with Crippen molar-refractivity contribution in [3.63, 3.8) is 0 Å². The molecule has 0 bridgehead atoms. The Morgan fingerprint density at radius 3 is 2.55 bits per heavy atom. The van der Waals surface area contributed by atoms with Crippen molar-refractivity contribution in [2.24, 2.45) is 0 Å². The SMILES string of the molecule is CCSCCCNc1ccc(CC(=O)NC(C)C)cc1. The Hall–Kier alpha value is -1.16. The topological polar surface area (TPSA) is 41.1 Å². The molecule has 0 unspecified atom stereocenters. The van der Waals surface area contributed by atoms with Gasteiger partial charge in [0.25, 0.3) is 0 Å². The third kappa shape index (κ3) is 7.43. The van der Waals surface area contributed by atoms with Gasteiger partial charge in [-0.15, -0.1) is 0 Å². The normalized spacial score (nSPS) is 10.6. The number of hydrogen-bond donors (Lipinski definition) is 2. The first kappa shape index (κ1) is 16.9. The van der Waals surface area contributed by atoms with E-state index in [4.69, 9.17) is 0 Å². The molecule has 0 heterocycles. The monoisotopic (exact) mass is 294 g/mol. The molecule has 1 aromatic rings. The second kappa shape index (κ2) is 9.70. The molecule has 1 rings (SSSR count). The van der Waals surface area contributed by atoms with Crippen LogP contribution in [-0.4, -0.2) is 30.0 Å². The van der Waals surface area contributed by atoms with Gasteiger partial charge in [0.15, 0.2) is 0 Å². The van der Waals surface area contributed by atoms with Crippen LogP contribution in [0.25, 0.3) is 0 Å². The van der Waals surface area contributed by atoms with Crippen molar-refractivity contribution in [3.05, 3.63) is 29.8 Å². The number of carbonyl (C=O) groups excluding carboxylic acids is 1. The van der Waals surface area contributed by atoms with E-state index >= 15 is 0 Å². The Balaban J connectivity index is 2.31. The molecular formula is C16H26N2OS. The molecule has 0 aromatic heterocycles. The minimum absolute atomic E-state index is 0.0808. The lowest BCUT2D eigenvalue weighted by Crippen LogP contribution is -2.31. The molecule has 4 heteroatoms. The van der Waals surface area contributed by atoms with Crippen LogP contribution in [0.4, 0.5) is 5.69 Å². The maximum absolute atomic E-state index is 11.7. The average molecular weight is 294 g/mol. The molecule has 2 N–H and O–H groups in total. The lowest BCUT2D eigenvalue weighted by atomic mass is 10.1. The van der Waals surface area contributed by atoms with E-state index in [2.05, 4.69) is 17.6 Å². The summed E-state index contributed by atoms with van der Waals surface area (Å²) in [6.45, 7) is 7.13. The number of amides is 1. The van der Waals surface area contributed by atoms with Crippen molar-refractivity contribution in [1.82, 2.24) is 5.32 Å². The molecular weight excluding hydrogens is 268 g/mol. The fraction of sp³-hybridized carbons (Fsp3) is 0.562. The van der Waals surface area contributed by atoms with Gasteiger partial charge in [0, 0.05) is 18.3 Å². The van der Waals surface area contributed by atoms with Crippen molar-refractivity contribution in [2.75, 3.05) is 23.4 Å². The van der Waals surface area contributed by atoms with Crippen molar-refractivity contribution >= 4 is 23.4 Å². The molecule has 0 fully saturated rings. The van der Waals surface area contributed by atoms with Crippen molar-refractivity contribution in [2.45, 2.75) is 39.7 Å². The quantitative estimate of drug-likeness (QED) is 0.687. The largest absolute Gasteiger partial charge is 0.385 e. The van der Waals surface area contributed by atoms with Crippen LogP contribution >= 0.6 is 11.8 Å². The summed E-state index contributed by atoms with van der Waals surface area (Å²) in [7, 11) is 0. The van der Waals surface area contributed by atoms with E-state index in [-0.39, 0.29) is 11.9 Å². The number of anilines is 1. The molecule has 0 saturated carbocycles. The van der Waals surface area contributed by atoms with Crippen LogP contribution in [0.15, 0.2) is 24.3 Å². The van der Waals surface area contributed by atoms with Gasteiger partial charge in [-0.05, 0) is 49.5 Å². The highest BCUT2D eigenvalue weighted by atomic mass is 32.2. The molecule has 1 amide bonds. The van der Waals surface area contributed by atoms with Gasteiger partial charge < -0.3 is 10.6 Å². The second-order valence-corrected chi connectivity index (χ2v) is 6.47. The summed E-state index contributed by atoms with van der Waals surface area (Å²) in [6.07, 6.45) is 1.63. The highest BCUT2D eigenvalue weighted by Gasteiger charge is 2.04. The van der Waals surface area contributed by atoms with Gasteiger partial charge in [-0.2, -0.15) is 11.8 Å². The van der Waals surface area contributed by atoms with Gasteiger partial charge in [0.1, 0.15) is 0 Å². The fourth-order valence-electron chi connectivity index (χ4n) is 1.85. The number of thioether (sulfide) groups is 1.